The van der Waals surface area contributed by atoms with Crippen LogP contribution < -0.4 is 9.47 Å². The summed E-state index contributed by atoms with van der Waals surface area (Å²) in [5.41, 5.74) is 5.25. The summed E-state index contributed by atoms with van der Waals surface area (Å²) in [4.78, 5) is 12.5. The number of hydrogen-bond donors (Lipinski definition) is 0. The quantitative estimate of drug-likeness (QED) is 0.262. The summed E-state index contributed by atoms with van der Waals surface area (Å²) >= 11 is 0. The van der Waals surface area contributed by atoms with Gasteiger partial charge in [-0.25, -0.2) is 4.39 Å². The van der Waals surface area contributed by atoms with E-state index in [0.29, 0.717) is 17.9 Å². The standard InChI is InChI=1S/C35H41FO5/c1-34(2,3)32(39-5)28-18-22(9-13-26(28)27-19-24(38-4)12-14-31(27)36)21-41-25-11-10-23-8-7-16-35(30(23)20-25)17-15-29(35)33(37)40-6/h9-14,18-20,29,32H,7-8,15-17,21H2,1-6H3/t29-,32+,35+/m0/s1. The molecule has 3 aromatic rings. The van der Waals surface area contributed by atoms with Gasteiger partial charge in [0.15, 0.2) is 0 Å². The summed E-state index contributed by atoms with van der Waals surface area (Å²) in [5, 5.41) is 0. The molecule has 0 radical (unpaired) electrons. The lowest BCUT2D eigenvalue weighted by atomic mass is 9.52. The molecule has 41 heavy (non-hydrogen) atoms. The number of fused-ring (bicyclic) bond motifs is 2. The predicted molar refractivity (Wildman–Crippen MR) is 158 cm³/mol. The lowest BCUT2D eigenvalue weighted by Gasteiger charge is -2.51. The first kappa shape index (κ1) is 29.1. The first-order chi connectivity index (χ1) is 19.6. The maximum Gasteiger partial charge on any atom is 0.309 e. The molecule has 2 aliphatic rings. The van der Waals surface area contributed by atoms with Crippen molar-refractivity contribution in [3.8, 4) is 22.6 Å². The second kappa shape index (κ2) is 11.5. The zero-order valence-corrected chi connectivity index (χ0v) is 25.0. The largest absolute Gasteiger partial charge is 0.497 e. The van der Waals surface area contributed by atoms with E-state index in [1.54, 1.807) is 26.4 Å². The zero-order valence-electron chi connectivity index (χ0n) is 25.0. The maximum atomic E-state index is 15.1. The number of carbonyl (C=O) groups excluding carboxylic acids is 1. The van der Waals surface area contributed by atoms with E-state index in [1.165, 1.54) is 24.3 Å². The fraction of sp³-hybridized carbons (Fsp3) is 0.457. The van der Waals surface area contributed by atoms with Crippen LogP contribution in [-0.2, 0) is 32.7 Å². The van der Waals surface area contributed by atoms with Gasteiger partial charge in [-0.1, -0.05) is 39.0 Å². The minimum absolute atomic E-state index is 0.0858. The fourth-order valence-electron chi connectivity index (χ4n) is 6.92. The first-order valence-electron chi connectivity index (χ1n) is 14.4. The van der Waals surface area contributed by atoms with Gasteiger partial charge in [0.1, 0.15) is 23.9 Å². The third kappa shape index (κ3) is 5.46. The third-order valence-corrected chi connectivity index (χ3v) is 9.01. The highest BCUT2D eigenvalue weighted by atomic mass is 19.1. The van der Waals surface area contributed by atoms with Crippen molar-refractivity contribution >= 4 is 5.97 Å². The SMILES string of the molecule is COC(=O)[C@@H]1CC[C@]12CCCc1ccc(OCc3ccc(-c4cc(OC)ccc4F)c([C@@H](OC)C(C)(C)C)c3)cc12. The number of ether oxygens (including phenoxy) is 4. The van der Waals surface area contributed by atoms with Gasteiger partial charge in [0.25, 0.3) is 0 Å². The van der Waals surface area contributed by atoms with Crippen LogP contribution in [0.5, 0.6) is 11.5 Å². The molecule has 6 heteroatoms. The van der Waals surface area contributed by atoms with E-state index < -0.39 is 0 Å². The molecular weight excluding hydrogens is 519 g/mol. The van der Waals surface area contributed by atoms with Crippen molar-refractivity contribution in [2.45, 2.75) is 71.0 Å². The van der Waals surface area contributed by atoms with Crippen molar-refractivity contribution in [1.82, 2.24) is 0 Å². The lowest BCUT2D eigenvalue weighted by molar-refractivity contribution is -0.153. The lowest BCUT2D eigenvalue weighted by Crippen LogP contribution is -2.50. The molecule has 0 amide bonds. The molecule has 0 bridgehead atoms. The molecule has 0 heterocycles. The summed E-state index contributed by atoms with van der Waals surface area (Å²) in [7, 11) is 4.75. The van der Waals surface area contributed by atoms with Crippen LogP contribution in [0.15, 0.2) is 54.6 Å². The van der Waals surface area contributed by atoms with E-state index in [-0.39, 0.29) is 34.6 Å². The Labute approximate surface area is 243 Å². The van der Waals surface area contributed by atoms with Crippen molar-refractivity contribution in [3.63, 3.8) is 0 Å². The summed E-state index contributed by atoms with van der Waals surface area (Å²) in [6, 6.07) is 17.1. The van der Waals surface area contributed by atoms with Crippen LogP contribution in [0.25, 0.3) is 11.1 Å². The molecule has 1 fully saturated rings. The predicted octanol–water partition coefficient (Wildman–Crippen LogP) is 7.97. The number of carbonyl (C=O) groups is 1. The minimum atomic E-state index is -0.316. The third-order valence-electron chi connectivity index (χ3n) is 9.01. The minimum Gasteiger partial charge on any atom is -0.497 e. The summed E-state index contributed by atoms with van der Waals surface area (Å²) in [5.74, 6) is 0.864. The maximum absolute atomic E-state index is 15.1. The second-order valence-electron chi connectivity index (χ2n) is 12.5. The Morgan fingerprint density at radius 1 is 0.976 bits per heavy atom. The van der Waals surface area contributed by atoms with Crippen molar-refractivity contribution < 1.29 is 28.1 Å². The topological polar surface area (TPSA) is 54.0 Å². The molecule has 2 aliphatic carbocycles. The van der Waals surface area contributed by atoms with Crippen molar-refractivity contribution in [3.05, 3.63) is 82.7 Å². The average molecular weight is 561 g/mol. The number of esters is 1. The zero-order chi connectivity index (χ0) is 29.4. The smallest absolute Gasteiger partial charge is 0.309 e. The number of halogens is 1. The summed E-state index contributed by atoms with van der Waals surface area (Å²) in [6.07, 6.45) is 4.69. The van der Waals surface area contributed by atoms with Crippen LogP contribution in [0.1, 0.15) is 74.8 Å². The van der Waals surface area contributed by atoms with E-state index >= 15 is 4.39 Å². The van der Waals surface area contributed by atoms with Crippen LogP contribution in [0.3, 0.4) is 0 Å². The first-order valence-corrected chi connectivity index (χ1v) is 14.4. The van der Waals surface area contributed by atoms with Crippen LogP contribution in [0.4, 0.5) is 4.39 Å². The van der Waals surface area contributed by atoms with Crippen molar-refractivity contribution in [2.24, 2.45) is 11.3 Å². The molecule has 3 atom stereocenters. The molecule has 0 saturated heterocycles. The second-order valence-corrected chi connectivity index (χ2v) is 12.5. The molecule has 218 valence electrons. The fourth-order valence-corrected chi connectivity index (χ4v) is 6.92. The number of aryl methyl sites for hydroxylation is 1. The Morgan fingerprint density at radius 2 is 1.76 bits per heavy atom. The molecule has 0 unspecified atom stereocenters. The molecule has 3 aromatic carbocycles. The summed E-state index contributed by atoms with van der Waals surface area (Å²) < 4.78 is 38.0. The Bertz CT molecular complexity index is 1420. The van der Waals surface area contributed by atoms with Crippen LogP contribution in [0, 0.1) is 17.2 Å². The molecule has 1 saturated carbocycles. The van der Waals surface area contributed by atoms with Gasteiger partial charge in [-0.05, 0) is 102 Å². The van der Waals surface area contributed by atoms with Gasteiger partial charge in [-0.2, -0.15) is 0 Å². The highest BCUT2D eigenvalue weighted by Gasteiger charge is 2.53. The number of rotatable bonds is 8. The number of hydrogen-bond acceptors (Lipinski definition) is 5. The normalized spacial score (nSPS) is 20.6. The van der Waals surface area contributed by atoms with Gasteiger partial charge in [0.2, 0.25) is 0 Å². The van der Waals surface area contributed by atoms with Crippen LogP contribution >= 0.6 is 0 Å². The highest BCUT2D eigenvalue weighted by Crippen LogP contribution is 2.56. The molecule has 5 nitrogen and oxygen atoms in total. The van der Waals surface area contributed by atoms with E-state index in [4.69, 9.17) is 18.9 Å². The van der Waals surface area contributed by atoms with Gasteiger partial charge in [0, 0.05) is 18.1 Å². The molecule has 0 aromatic heterocycles. The van der Waals surface area contributed by atoms with Gasteiger partial charge in [-0.15, -0.1) is 0 Å². The Balaban J connectivity index is 1.46. The Kier molecular flexibility index (Phi) is 8.15. The van der Waals surface area contributed by atoms with Crippen molar-refractivity contribution in [1.29, 1.82) is 0 Å². The van der Waals surface area contributed by atoms with Crippen LogP contribution in [-0.4, -0.2) is 27.3 Å². The molecular formula is C35H41FO5. The van der Waals surface area contributed by atoms with Gasteiger partial charge < -0.3 is 18.9 Å². The number of benzene rings is 3. The Morgan fingerprint density at radius 3 is 2.41 bits per heavy atom. The van der Waals surface area contributed by atoms with Crippen molar-refractivity contribution in [2.75, 3.05) is 21.3 Å². The van der Waals surface area contributed by atoms with Gasteiger partial charge in [0.05, 0.1) is 26.2 Å². The number of methoxy groups -OCH3 is 3. The summed E-state index contributed by atoms with van der Waals surface area (Å²) in [6.45, 7) is 6.68. The van der Waals surface area contributed by atoms with Crippen LogP contribution in [0.2, 0.25) is 0 Å². The van der Waals surface area contributed by atoms with E-state index in [2.05, 4.69) is 39.0 Å². The van der Waals surface area contributed by atoms with Gasteiger partial charge in [-0.3, -0.25) is 4.79 Å². The monoisotopic (exact) mass is 560 g/mol. The van der Waals surface area contributed by atoms with E-state index in [0.717, 1.165) is 54.5 Å². The molecule has 1 spiro atoms. The van der Waals surface area contributed by atoms with E-state index in [9.17, 15) is 4.79 Å². The Hall–Kier alpha value is -3.38. The van der Waals surface area contributed by atoms with E-state index in [1.807, 2.05) is 18.2 Å². The molecule has 0 N–H and O–H groups in total. The average Bonchev–Trinajstić information content (AvgIpc) is 2.95. The highest BCUT2D eigenvalue weighted by molar-refractivity contribution is 5.76. The molecule has 0 aliphatic heterocycles. The molecule has 5 rings (SSSR count). The van der Waals surface area contributed by atoms with Gasteiger partial charge >= 0.3 is 5.97 Å².